The predicted octanol–water partition coefficient (Wildman–Crippen LogP) is 2.23. The molecule has 0 aliphatic heterocycles. The Balaban J connectivity index is 5.07. The van der Waals surface area contributed by atoms with E-state index in [9.17, 15) is 9.59 Å². The maximum Gasteiger partial charge on any atom is 0.303 e. The van der Waals surface area contributed by atoms with Gasteiger partial charge in [0, 0.05) is 0 Å². The van der Waals surface area contributed by atoms with Crippen molar-refractivity contribution in [3.63, 3.8) is 0 Å². The molecule has 0 aliphatic rings. The third kappa shape index (κ3) is 3.53. The molecule has 0 saturated carbocycles. The lowest BCUT2D eigenvalue weighted by Gasteiger charge is -2.39. The van der Waals surface area contributed by atoms with Crippen LogP contribution in [0.15, 0.2) is 0 Å². The summed E-state index contributed by atoms with van der Waals surface area (Å²) >= 11 is 0. The molecule has 0 aliphatic carbocycles. The van der Waals surface area contributed by atoms with Crippen molar-refractivity contribution in [3.05, 3.63) is 0 Å². The third-order valence-electron chi connectivity index (χ3n) is 3.26. The molecule has 0 aromatic rings. The molecule has 0 radical (unpaired) electrons. The van der Waals surface area contributed by atoms with Crippen LogP contribution in [0.5, 0.6) is 0 Å². The van der Waals surface area contributed by atoms with Crippen LogP contribution in [0.4, 0.5) is 0 Å². The summed E-state index contributed by atoms with van der Waals surface area (Å²) in [6.45, 7) is 7.52. The normalized spacial score (nSPS) is 12.1. The number of hydrogen-bond donors (Lipinski definition) is 2. The van der Waals surface area contributed by atoms with Gasteiger partial charge in [-0.25, -0.2) is 0 Å². The zero-order valence-electron chi connectivity index (χ0n) is 9.78. The molecule has 15 heavy (non-hydrogen) atoms. The van der Waals surface area contributed by atoms with Crippen molar-refractivity contribution in [2.24, 2.45) is 17.3 Å². The van der Waals surface area contributed by atoms with E-state index in [4.69, 9.17) is 10.2 Å². The predicted molar refractivity (Wildman–Crippen MR) is 56.6 cm³/mol. The molecule has 0 aromatic heterocycles. The number of rotatable bonds is 6. The van der Waals surface area contributed by atoms with Gasteiger partial charge in [0.15, 0.2) is 0 Å². The van der Waals surface area contributed by atoms with Crippen LogP contribution in [0.1, 0.15) is 40.5 Å². The molecule has 0 aromatic carbocycles. The molecule has 0 spiro atoms. The summed E-state index contributed by atoms with van der Waals surface area (Å²) in [6, 6.07) is 0. The summed E-state index contributed by atoms with van der Waals surface area (Å²) in [6.07, 6.45) is -0.177. The van der Waals surface area contributed by atoms with Crippen molar-refractivity contribution >= 4 is 11.9 Å². The van der Waals surface area contributed by atoms with Gasteiger partial charge in [-0.15, -0.1) is 0 Å². The summed E-state index contributed by atoms with van der Waals surface area (Å²) in [5.41, 5.74) is -0.655. The van der Waals surface area contributed by atoms with Crippen LogP contribution in [0, 0.1) is 17.3 Å². The molecule has 2 N–H and O–H groups in total. The first kappa shape index (κ1) is 13.9. The second-order valence-electron chi connectivity index (χ2n) is 4.68. The first-order chi connectivity index (χ1) is 6.72. The molecule has 4 nitrogen and oxygen atoms in total. The van der Waals surface area contributed by atoms with E-state index in [0.717, 1.165) is 0 Å². The third-order valence-corrected chi connectivity index (χ3v) is 3.26. The monoisotopic (exact) mass is 216 g/mol. The molecule has 0 bridgehead atoms. The largest absolute Gasteiger partial charge is 0.481 e. The molecule has 0 unspecified atom stereocenters. The van der Waals surface area contributed by atoms with E-state index in [0.29, 0.717) is 0 Å². The number of carbonyl (C=O) groups is 2. The summed E-state index contributed by atoms with van der Waals surface area (Å²) in [5.74, 6) is -1.80. The second-order valence-corrected chi connectivity index (χ2v) is 4.68. The Morgan fingerprint density at radius 2 is 1.20 bits per heavy atom. The zero-order valence-corrected chi connectivity index (χ0v) is 9.78. The van der Waals surface area contributed by atoms with Crippen molar-refractivity contribution in [2.45, 2.75) is 40.5 Å². The van der Waals surface area contributed by atoms with E-state index in [2.05, 4.69) is 0 Å². The fraction of sp³-hybridized carbons (Fsp3) is 0.818. The van der Waals surface area contributed by atoms with Gasteiger partial charge in [0.25, 0.3) is 0 Å². The van der Waals surface area contributed by atoms with Crippen LogP contribution in [0.2, 0.25) is 0 Å². The minimum absolute atomic E-state index is 0.0321. The van der Waals surface area contributed by atoms with Crippen LogP contribution in [0.25, 0.3) is 0 Å². The van der Waals surface area contributed by atoms with Crippen molar-refractivity contribution in [1.29, 1.82) is 0 Å². The minimum atomic E-state index is -0.932. The van der Waals surface area contributed by atoms with Gasteiger partial charge in [0.05, 0.1) is 12.8 Å². The van der Waals surface area contributed by atoms with Gasteiger partial charge in [-0.05, 0) is 17.3 Å². The highest BCUT2D eigenvalue weighted by Crippen LogP contribution is 2.42. The highest BCUT2D eigenvalue weighted by atomic mass is 16.4. The Morgan fingerprint density at radius 1 is 0.933 bits per heavy atom. The summed E-state index contributed by atoms with van der Waals surface area (Å²) in [4.78, 5) is 21.6. The molecule has 0 saturated heterocycles. The van der Waals surface area contributed by atoms with Crippen LogP contribution in [-0.4, -0.2) is 22.2 Å². The van der Waals surface area contributed by atoms with E-state index in [1.54, 1.807) is 0 Å². The average Bonchev–Trinajstić information content (AvgIpc) is 1.99. The van der Waals surface area contributed by atoms with E-state index in [1.807, 2.05) is 27.7 Å². The summed E-state index contributed by atoms with van der Waals surface area (Å²) in [7, 11) is 0. The Labute approximate surface area is 90.3 Å². The molecular weight excluding hydrogens is 196 g/mol. The van der Waals surface area contributed by atoms with Gasteiger partial charge in [0.2, 0.25) is 0 Å². The molecule has 0 fully saturated rings. The van der Waals surface area contributed by atoms with Gasteiger partial charge >= 0.3 is 11.9 Å². The lowest BCUT2D eigenvalue weighted by atomic mass is 9.65. The smallest absolute Gasteiger partial charge is 0.303 e. The second kappa shape index (κ2) is 5.14. The van der Waals surface area contributed by atoms with Crippen molar-refractivity contribution in [3.8, 4) is 0 Å². The fourth-order valence-corrected chi connectivity index (χ4v) is 2.11. The number of aliphatic carboxylic acids is 2. The fourth-order valence-electron chi connectivity index (χ4n) is 2.11. The van der Waals surface area contributed by atoms with Crippen LogP contribution < -0.4 is 0 Å². The topological polar surface area (TPSA) is 74.6 Å². The molecule has 0 heterocycles. The first-order valence-corrected chi connectivity index (χ1v) is 5.16. The van der Waals surface area contributed by atoms with Gasteiger partial charge < -0.3 is 10.2 Å². The molecule has 88 valence electrons. The molecule has 0 atom stereocenters. The highest BCUT2D eigenvalue weighted by molar-refractivity contribution is 5.72. The van der Waals surface area contributed by atoms with Gasteiger partial charge in [-0.1, -0.05) is 27.7 Å². The highest BCUT2D eigenvalue weighted by Gasteiger charge is 2.41. The molecular formula is C11H20O4. The molecule has 4 heteroatoms. The SMILES string of the molecule is CC(C)C(CC(=O)O)(CC(=O)O)C(C)C. The number of carboxylic acid groups (broad SMARTS) is 2. The number of hydrogen-bond acceptors (Lipinski definition) is 2. The van der Waals surface area contributed by atoms with Gasteiger partial charge in [0.1, 0.15) is 0 Å². The van der Waals surface area contributed by atoms with E-state index in [-0.39, 0.29) is 24.7 Å². The Kier molecular flexibility index (Phi) is 4.78. The lowest BCUT2D eigenvalue weighted by molar-refractivity contribution is -0.147. The van der Waals surface area contributed by atoms with Gasteiger partial charge in [-0.2, -0.15) is 0 Å². The van der Waals surface area contributed by atoms with Crippen LogP contribution in [-0.2, 0) is 9.59 Å². The zero-order chi connectivity index (χ0) is 12.2. The Morgan fingerprint density at radius 3 is 1.33 bits per heavy atom. The maximum atomic E-state index is 10.8. The van der Waals surface area contributed by atoms with Crippen LogP contribution in [0.3, 0.4) is 0 Å². The summed E-state index contributed by atoms with van der Waals surface area (Å²) in [5, 5.41) is 17.7. The molecule has 0 rings (SSSR count). The average molecular weight is 216 g/mol. The Hall–Kier alpha value is -1.06. The molecule has 0 amide bonds. The quantitative estimate of drug-likeness (QED) is 0.714. The first-order valence-electron chi connectivity index (χ1n) is 5.16. The van der Waals surface area contributed by atoms with Gasteiger partial charge in [-0.3, -0.25) is 9.59 Å². The van der Waals surface area contributed by atoms with E-state index in [1.165, 1.54) is 0 Å². The van der Waals surface area contributed by atoms with E-state index >= 15 is 0 Å². The summed E-state index contributed by atoms with van der Waals surface area (Å²) < 4.78 is 0. The van der Waals surface area contributed by atoms with Crippen molar-refractivity contribution in [2.75, 3.05) is 0 Å². The van der Waals surface area contributed by atoms with Crippen molar-refractivity contribution < 1.29 is 19.8 Å². The van der Waals surface area contributed by atoms with E-state index < -0.39 is 17.4 Å². The minimum Gasteiger partial charge on any atom is -0.481 e. The lowest BCUT2D eigenvalue weighted by Crippen LogP contribution is -2.37. The maximum absolute atomic E-state index is 10.8. The standard InChI is InChI=1S/C11H20O4/c1-7(2)11(8(3)4,5-9(12)13)6-10(14)15/h7-8H,5-6H2,1-4H3,(H,12,13)(H,14,15). The van der Waals surface area contributed by atoms with Crippen molar-refractivity contribution in [1.82, 2.24) is 0 Å². The number of carboxylic acids is 2. The van der Waals surface area contributed by atoms with Crippen LogP contribution >= 0.6 is 0 Å². The Bertz CT molecular complexity index is 217.